The molecule has 1 saturated heterocycles. The summed E-state index contributed by atoms with van der Waals surface area (Å²) in [6, 6.07) is 8.80. The van der Waals surface area contributed by atoms with Gasteiger partial charge in [-0.1, -0.05) is 0 Å². The van der Waals surface area contributed by atoms with Gasteiger partial charge in [-0.2, -0.15) is 0 Å². The van der Waals surface area contributed by atoms with Crippen LogP contribution in [0.15, 0.2) is 42.7 Å². The predicted molar refractivity (Wildman–Crippen MR) is 119 cm³/mol. The van der Waals surface area contributed by atoms with Gasteiger partial charge in [0.2, 0.25) is 17.7 Å². The molecule has 31 heavy (non-hydrogen) atoms. The highest BCUT2D eigenvalue weighted by molar-refractivity contribution is 5.88. The van der Waals surface area contributed by atoms with Gasteiger partial charge < -0.3 is 25.7 Å². The molecule has 0 aliphatic carbocycles. The van der Waals surface area contributed by atoms with Crippen LogP contribution in [0.4, 0.5) is 5.69 Å². The van der Waals surface area contributed by atoms with Crippen LogP contribution in [0.2, 0.25) is 0 Å². The van der Waals surface area contributed by atoms with Crippen molar-refractivity contribution in [2.24, 2.45) is 5.73 Å². The molecule has 0 unspecified atom stereocenters. The van der Waals surface area contributed by atoms with Crippen molar-refractivity contribution in [3.05, 3.63) is 48.3 Å². The first kappa shape index (κ1) is 20.9. The van der Waals surface area contributed by atoms with Gasteiger partial charge >= 0.3 is 0 Å². The van der Waals surface area contributed by atoms with Crippen LogP contribution in [0, 0.1) is 0 Å². The summed E-state index contributed by atoms with van der Waals surface area (Å²) in [7, 11) is 0. The number of aromatic amines is 1. The highest BCUT2D eigenvalue weighted by Crippen LogP contribution is 2.28. The van der Waals surface area contributed by atoms with E-state index in [1.807, 2.05) is 29.3 Å². The number of amides is 2. The summed E-state index contributed by atoms with van der Waals surface area (Å²) in [4.78, 5) is 33.2. The van der Waals surface area contributed by atoms with E-state index in [1.54, 1.807) is 18.3 Å². The zero-order valence-corrected chi connectivity index (χ0v) is 17.7. The highest BCUT2D eigenvalue weighted by Gasteiger charge is 2.29. The lowest BCUT2D eigenvalue weighted by Gasteiger charge is -2.24. The number of likely N-dealkylation sites (tertiary alicyclic amines) is 1. The maximum absolute atomic E-state index is 12.8. The fourth-order valence-electron chi connectivity index (χ4n) is 4.03. The zero-order valence-electron chi connectivity index (χ0n) is 17.7. The van der Waals surface area contributed by atoms with Gasteiger partial charge in [0.15, 0.2) is 0 Å². The van der Waals surface area contributed by atoms with Gasteiger partial charge in [0.1, 0.15) is 5.75 Å². The summed E-state index contributed by atoms with van der Waals surface area (Å²) in [5.41, 5.74) is 8.80. The number of H-pyrrole nitrogens is 1. The molecule has 2 aromatic heterocycles. The lowest BCUT2D eigenvalue weighted by atomic mass is 10.0. The number of fused-ring (bicyclic) bond motifs is 1. The Morgan fingerprint density at radius 2 is 2.19 bits per heavy atom. The summed E-state index contributed by atoms with van der Waals surface area (Å²) in [6.07, 6.45) is 5.96. The largest absolute Gasteiger partial charge is 0.439 e. The van der Waals surface area contributed by atoms with Crippen LogP contribution in [0.3, 0.4) is 0 Å². The van der Waals surface area contributed by atoms with E-state index in [0.717, 1.165) is 35.9 Å². The molecule has 2 atom stereocenters. The summed E-state index contributed by atoms with van der Waals surface area (Å²) >= 11 is 0. The molecule has 4 rings (SSSR count). The van der Waals surface area contributed by atoms with E-state index in [-0.39, 0.29) is 17.9 Å². The fraction of sp³-hybridized carbons (Fsp3) is 0.348. The van der Waals surface area contributed by atoms with E-state index in [2.05, 4.69) is 22.2 Å². The SMILES string of the molecule is CC(=O)Nc1ccc(Oc2ccc3[nH]cc(C[C@H](N)C(=O)N4CCC[C@H]4C)c3c2)nc1. The summed E-state index contributed by atoms with van der Waals surface area (Å²) in [6.45, 7) is 4.30. The van der Waals surface area contributed by atoms with Crippen molar-refractivity contribution in [3.8, 4) is 11.6 Å². The van der Waals surface area contributed by atoms with Gasteiger partial charge in [0.25, 0.3) is 0 Å². The number of carbonyl (C=O) groups excluding carboxylic acids is 2. The molecule has 1 aromatic carbocycles. The van der Waals surface area contributed by atoms with Crippen LogP contribution in [0.1, 0.15) is 32.3 Å². The Balaban J connectivity index is 1.48. The van der Waals surface area contributed by atoms with E-state index >= 15 is 0 Å². The number of anilines is 1. The van der Waals surface area contributed by atoms with Gasteiger partial charge in [0.05, 0.1) is 17.9 Å². The fourth-order valence-corrected chi connectivity index (χ4v) is 4.03. The second kappa shape index (κ2) is 8.77. The minimum absolute atomic E-state index is 0.00946. The molecule has 3 heterocycles. The molecule has 0 radical (unpaired) electrons. The molecule has 1 fully saturated rings. The smallest absolute Gasteiger partial charge is 0.240 e. The van der Waals surface area contributed by atoms with Crippen molar-refractivity contribution < 1.29 is 14.3 Å². The molecule has 8 nitrogen and oxygen atoms in total. The van der Waals surface area contributed by atoms with Gasteiger partial charge in [-0.3, -0.25) is 9.59 Å². The molecule has 2 amide bonds. The molecule has 8 heteroatoms. The number of rotatable bonds is 6. The normalized spacial score (nSPS) is 17.0. The Morgan fingerprint density at radius 1 is 1.35 bits per heavy atom. The van der Waals surface area contributed by atoms with Crippen molar-refractivity contribution in [1.82, 2.24) is 14.9 Å². The predicted octanol–water partition coefficient (Wildman–Crippen LogP) is 3.19. The number of ether oxygens (including phenoxy) is 1. The lowest BCUT2D eigenvalue weighted by Crippen LogP contribution is -2.46. The molecule has 1 aliphatic heterocycles. The number of aromatic nitrogens is 2. The third-order valence-electron chi connectivity index (χ3n) is 5.61. The Hall–Kier alpha value is -3.39. The average Bonchev–Trinajstić information content (AvgIpc) is 3.34. The van der Waals surface area contributed by atoms with E-state index in [9.17, 15) is 9.59 Å². The number of nitrogens with two attached hydrogens (primary N) is 1. The molecule has 0 saturated carbocycles. The van der Waals surface area contributed by atoms with E-state index in [1.165, 1.54) is 6.92 Å². The second-order valence-electron chi connectivity index (χ2n) is 8.02. The van der Waals surface area contributed by atoms with Crippen LogP contribution in [-0.2, 0) is 16.0 Å². The molecule has 0 spiro atoms. The molecular weight excluding hydrogens is 394 g/mol. The Morgan fingerprint density at radius 3 is 2.87 bits per heavy atom. The van der Waals surface area contributed by atoms with Crippen molar-refractivity contribution in [3.63, 3.8) is 0 Å². The summed E-state index contributed by atoms with van der Waals surface area (Å²) < 4.78 is 5.87. The number of hydrogen-bond acceptors (Lipinski definition) is 5. The van der Waals surface area contributed by atoms with E-state index < -0.39 is 6.04 Å². The topological polar surface area (TPSA) is 113 Å². The van der Waals surface area contributed by atoms with Gasteiger partial charge in [-0.25, -0.2) is 4.98 Å². The maximum atomic E-state index is 12.8. The third-order valence-corrected chi connectivity index (χ3v) is 5.61. The van der Waals surface area contributed by atoms with E-state index in [4.69, 9.17) is 10.5 Å². The molecule has 0 bridgehead atoms. The lowest BCUT2D eigenvalue weighted by molar-refractivity contribution is -0.133. The third kappa shape index (κ3) is 4.69. The standard InChI is InChI=1S/C23H27N5O3/c1-14-4-3-9-28(14)23(30)20(24)10-16-12-25-21-7-6-18(11-19(16)21)31-22-8-5-17(13-26-22)27-15(2)29/h5-8,11-14,20,25H,3-4,9-10,24H2,1-2H3,(H,27,29)/t14-,20+/m1/s1. The first-order valence-electron chi connectivity index (χ1n) is 10.5. The average molecular weight is 422 g/mol. The van der Waals surface area contributed by atoms with E-state index in [0.29, 0.717) is 23.7 Å². The molecule has 3 aromatic rings. The van der Waals surface area contributed by atoms with Crippen molar-refractivity contribution >= 4 is 28.4 Å². The number of hydrogen-bond donors (Lipinski definition) is 3. The number of nitrogens with zero attached hydrogens (tertiary/aromatic N) is 2. The molecular formula is C23H27N5O3. The van der Waals surface area contributed by atoms with Crippen LogP contribution in [-0.4, -0.2) is 45.3 Å². The molecule has 1 aliphatic rings. The Kier molecular flexibility index (Phi) is 5.90. The van der Waals surface area contributed by atoms with Crippen molar-refractivity contribution in [2.45, 2.75) is 45.2 Å². The Bertz CT molecular complexity index is 1090. The van der Waals surface area contributed by atoms with Crippen molar-refractivity contribution in [2.75, 3.05) is 11.9 Å². The molecule has 4 N–H and O–H groups in total. The van der Waals surface area contributed by atoms with Gasteiger partial charge in [0, 0.05) is 42.7 Å². The number of carbonyl (C=O) groups is 2. The van der Waals surface area contributed by atoms with Crippen LogP contribution in [0.25, 0.3) is 10.9 Å². The first-order valence-corrected chi connectivity index (χ1v) is 10.5. The van der Waals surface area contributed by atoms with Crippen LogP contribution < -0.4 is 15.8 Å². The quantitative estimate of drug-likeness (QED) is 0.566. The number of pyridine rings is 1. The summed E-state index contributed by atoms with van der Waals surface area (Å²) in [5, 5.41) is 3.63. The van der Waals surface area contributed by atoms with Gasteiger partial charge in [-0.05, 0) is 56.0 Å². The minimum Gasteiger partial charge on any atom is -0.439 e. The molecule has 162 valence electrons. The van der Waals surface area contributed by atoms with Gasteiger partial charge in [-0.15, -0.1) is 0 Å². The van der Waals surface area contributed by atoms with Crippen LogP contribution >= 0.6 is 0 Å². The Labute approximate surface area is 180 Å². The van der Waals surface area contributed by atoms with Crippen LogP contribution in [0.5, 0.6) is 11.6 Å². The van der Waals surface area contributed by atoms with Crippen molar-refractivity contribution in [1.29, 1.82) is 0 Å². The zero-order chi connectivity index (χ0) is 22.0. The summed E-state index contributed by atoms with van der Waals surface area (Å²) in [5.74, 6) is 0.897. The minimum atomic E-state index is -0.577. The number of nitrogens with one attached hydrogen (secondary N) is 2. The number of benzene rings is 1. The second-order valence-corrected chi connectivity index (χ2v) is 8.02. The highest BCUT2D eigenvalue weighted by atomic mass is 16.5. The monoisotopic (exact) mass is 421 g/mol. The first-order chi connectivity index (χ1) is 14.9. The maximum Gasteiger partial charge on any atom is 0.240 e.